The molecule has 0 saturated heterocycles. The second-order valence-corrected chi connectivity index (χ2v) is 8.27. The molecule has 3 heterocycles. The van der Waals surface area contributed by atoms with Crippen molar-refractivity contribution >= 4 is 51.8 Å². The number of oxazole rings is 1. The molecule has 5 aromatic rings. The first-order chi connectivity index (χ1) is 14.8. The quantitative estimate of drug-likeness (QED) is 0.382. The number of halogens is 3. The minimum absolute atomic E-state index is 0.0352. The van der Waals surface area contributed by atoms with E-state index in [1.165, 1.54) is 4.57 Å². The lowest BCUT2D eigenvalue weighted by molar-refractivity contribution is 0.610. The van der Waals surface area contributed by atoms with Crippen molar-refractivity contribution in [2.75, 3.05) is 0 Å². The Labute approximate surface area is 189 Å². The van der Waals surface area contributed by atoms with E-state index in [0.29, 0.717) is 26.4 Å². The zero-order valence-electron chi connectivity index (χ0n) is 16.0. The maximum Gasteiger partial charge on any atom is 0.332 e. The number of rotatable bonds is 3. The monoisotopic (exact) mass is 474 g/mol. The molecule has 2 aromatic carbocycles. The van der Waals surface area contributed by atoms with Gasteiger partial charge in [0.15, 0.2) is 16.9 Å². The minimum atomic E-state index is -0.498. The van der Waals surface area contributed by atoms with E-state index < -0.39 is 11.2 Å². The molecule has 0 fully saturated rings. The molecule has 7 nitrogen and oxygen atoms in total. The summed E-state index contributed by atoms with van der Waals surface area (Å²) < 4.78 is 9.83. The molecule has 0 saturated carbocycles. The standard InChI is InChI=1S/C21H13Cl3N4O3/c1-26-18-17(19(29)28(21(26)30)9-11-2-7-14(23)15(24)8-11)27-10-16(31-20(27)25-18)12-3-5-13(22)6-4-12/h2-8,10H,9H2,1H3. The van der Waals surface area contributed by atoms with E-state index in [0.717, 1.165) is 10.1 Å². The maximum absolute atomic E-state index is 13.3. The van der Waals surface area contributed by atoms with Crippen molar-refractivity contribution in [2.24, 2.45) is 7.05 Å². The van der Waals surface area contributed by atoms with Crippen LogP contribution in [0.1, 0.15) is 5.56 Å². The Morgan fingerprint density at radius 1 is 1.00 bits per heavy atom. The minimum Gasteiger partial charge on any atom is -0.423 e. The van der Waals surface area contributed by atoms with Crippen LogP contribution in [-0.2, 0) is 13.6 Å². The van der Waals surface area contributed by atoms with Crippen molar-refractivity contribution in [2.45, 2.75) is 6.54 Å². The van der Waals surface area contributed by atoms with Crippen LogP contribution < -0.4 is 11.2 Å². The molecule has 31 heavy (non-hydrogen) atoms. The SMILES string of the molecule is Cn1c(=O)n(Cc2ccc(Cl)c(Cl)c2)c(=O)c2c1nc1oc(-c3ccc(Cl)cc3)cn12. The summed E-state index contributed by atoms with van der Waals surface area (Å²) in [4.78, 5) is 30.5. The normalized spacial score (nSPS) is 11.6. The summed E-state index contributed by atoms with van der Waals surface area (Å²) >= 11 is 18.0. The van der Waals surface area contributed by atoms with Crippen LogP contribution in [0.2, 0.25) is 15.1 Å². The summed E-state index contributed by atoms with van der Waals surface area (Å²) in [6.45, 7) is 0.0352. The smallest absolute Gasteiger partial charge is 0.332 e. The number of hydrogen-bond donors (Lipinski definition) is 0. The lowest BCUT2D eigenvalue weighted by Gasteiger charge is -2.09. The fourth-order valence-electron chi connectivity index (χ4n) is 3.46. The lowest BCUT2D eigenvalue weighted by Crippen LogP contribution is -2.39. The molecule has 0 unspecified atom stereocenters. The van der Waals surface area contributed by atoms with Gasteiger partial charge in [-0.2, -0.15) is 4.98 Å². The second kappa shape index (κ2) is 7.30. The largest absolute Gasteiger partial charge is 0.423 e. The molecular weight excluding hydrogens is 463 g/mol. The van der Waals surface area contributed by atoms with Gasteiger partial charge in [-0.25, -0.2) is 4.79 Å². The highest BCUT2D eigenvalue weighted by Gasteiger charge is 2.20. The fourth-order valence-corrected chi connectivity index (χ4v) is 3.91. The zero-order chi connectivity index (χ0) is 21.9. The molecule has 156 valence electrons. The van der Waals surface area contributed by atoms with Gasteiger partial charge >= 0.3 is 11.5 Å². The maximum atomic E-state index is 13.3. The Morgan fingerprint density at radius 2 is 1.74 bits per heavy atom. The average Bonchev–Trinajstić information content (AvgIpc) is 3.31. The third-order valence-electron chi connectivity index (χ3n) is 5.04. The first-order valence-electron chi connectivity index (χ1n) is 9.15. The lowest BCUT2D eigenvalue weighted by atomic mass is 10.2. The van der Waals surface area contributed by atoms with Gasteiger partial charge in [0.05, 0.1) is 22.8 Å². The van der Waals surface area contributed by atoms with Crippen molar-refractivity contribution in [3.63, 3.8) is 0 Å². The Bertz CT molecular complexity index is 1590. The summed E-state index contributed by atoms with van der Waals surface area (Å²) in [7, 11) is 1.56. The first-order valence-corrected chi connectivity index (χ1v) is 10.3. The average molecular weight is 476 g/mol. The van der Waals surface area contributed by atoms with Crippen molar-refractivity contribution in [1.29, 1.82) is 0 Å². The molecular formula is C21H13Cl3N4O3. The van der Waals surface area contributed by atoms with Gasteiger partial charge in [0, 0.05) is 17.6 Å². The van der Waals surface area contributed by atoms with Gasteiger partial charge in [-0.15, -0.1) is 0 Å². The van der Waals surface area contributed by atoms with Crippen LogP contribution >= 0.6 is 34.8 Å². The van der Waals surface area contributed by atoms with Gasteiger partial charge < -0.3 is 4.42 Å². The number of aryl methyl sites for hydroxylation is 1. The number of hydrogen-bond acceptors (Lipinski definition) is 4. The molecule has 5 rings (SSSR count). The predicted molar refractivity (Wildman–Crippen MR) is 120 cm³/mol. The third kappa shape index (κ3) is 3.26. The van der Waals surface area contributed by atoms with Crippen molar-refractivity contribution in [3.8, 4) is 11.3 Å². The highest BCUT2D eigenvalue weighted by atomic mass is 35.5. The second-order valence-electron chi connectivity index (χ2n) is 7.02. The number of nitrogens with zero attached hydrogens (tertiary/aromatic N) is 4. The van der Waals surface area contributed by atoms with Crippen LogP contribution in [0.4, 0.5) is 0 Å². The summed E-state index contributed by atoms with van der Waals surface area (Å²) in [5.41, 5.74) is 0.942. The Morgan fingerprint density at radius 3 is 2.45 bits per heavy atom. The fraction of sp³-hybridized carbons (Fsp3) is 0.0952. The van der Waals surface area contributed by atoms with E-state index in [1.807, 2.05) is 0 Å². The van der Waals surface area contributed by atoms with Crippen LogP contribution in [0.5, 0.6) is 0 Å². The predicted octanol–water partition coefficient (Wildman–Crippen LogP) is 4.62. The van der Waals surface area contributed by atoms with E-state index in [2.05, 4.69) is 4.98 Å². The first kappa shape index (κ1) is 19.9. The van der Waals surface area contributed by atoms with Gasteiger partial charge in [-0.3, -0.25) is 18.3 Å². The Balaban J connectivity index is 1.70. The van der Waals surface area contributed by atoms with E-state index >= 15 is 0 Å². The molecule has 0 radical (unpaired) electrons. The van der Waals surface area contributed by atoms with Crippen LogP contribution in [0.15, 0.2) is 62.7 Å². The van der Waals surface area contributed by atoms with Crippen molar-refractivity contribution in [3.05, 3.63) is 90.1 Å². The highest BCUT2D eigenvalue weighted by Crippen LogP contribution is 2.26. The molecule has 0 aliphatic heterocycles. The summed E-state index contributed by atoms with van der Waals surface area (Å²) in [6.07, 6.45) is 1.67. The van der Waals surface area contributed by atoms with Crippen molar-refractivity contribution < 1.29 is 4.42 Å². The van der Waals surface area contributed by atoms with E-state index in [-0.39, 0.29) is 23.6 Å². The Hall–Kier alpha value is -3.00. The Kier molecular flexibility index (Phi) is 4.69. The molecule has 3 aromatic heterocycles. The van der Waals surface area contributed by atoms with Crippen LogP contribution in [0.25, 0.3) is 28.3 Å². The summed E-state index contributed by atoms with van der Waals surface area (Å²) in [6, 6.07) is 12.1. The van der Waals surface area contributed by atoms with Crippen LogP contribution in [0.3, 0.4) is 0 Å². The third-order valence-corrected chi connectivity index (χ3v) is 6.04. The van der Waals surface area contributed by atoms with Gasteiger partial charge in [0.25, 0.3) is 5.56 Å². The van der Waals surface area contributed by atoms with Gasteiger partial charge in [-0.05, 0) is 42.0 Å². The van der Waals surface area contributed by atoms with E-state index in [4.69, 9.17) is 39.2 Å². The molecule has 0 aliphatic carbocycles. The van der Waals surface area contributed by atoms with Gasteiger partial charge in [0.1, 0.15) is 0 Å². The number of fused-ring (bicyclic) bond motifs is 3. The number of aromatic nitrogens is 4. The molecule has 10 heteroatoms. The summed E-state index contributed by atoms with van der Waals surface area (Å²) in [5.74, 6) is 0.727. The summed E-state index contributed by atoms with van der Waals surface area (Å²) in [5, 5.41) is 1.34. The molecule has 0 N–H and O–H groups in total. The molecule has 0 spiro atoms. The molecule has 0 aliphatic rings. The van der Waals surface area contributed by atoms with Crippen LogP contribution in [0, 0.1) is 0 Å². The van der Waals surface area contributed by atoms with Crippen molar-refractivity contribution in [1.82, 2.24) is 18.5 Å². The van der Waals surface area contributed by atoms with Crippen LogP contribution in [-0.4, -0.2) is 18.5 Å². The van der Waals surface area contributed by atoms with E-state index in [9.17, 15) is 9.59 Å². The topological polar surface area (TPSA) is 74.4 Å². The van der Waals surface area contributed by atoms with Gasteiger partial charge in [-0.1, -0.05) is 40.9 Å². The molecule has 0 bridgehead atoms. The highest BCUT2D eigenvalue weighted by molar-refractivity contribution is 6.42. The zero-order valence-corrected chi connectivity index (χ0v) is 18.2. The molecule has 0 amide bonds. The van der Waals surface area contributed by atoms with Gasteiger partial charge in [0.2, 0.25) is 0 Å². The number of benzene rings is 2. The molecule has 0 atom stereocenters. The van der Waals surface area contributed by atoms with E-state index in [1.54, 1.807) is 60.1 Å². The number of imidazole rings is 1.